The Hall–Kier alpha value is 0.0900. The molecule has 0 aliphatic carbocycles. The third-order valence-corrected chi connectivity index (χ3v) is 6.54. The number of piperidine rings is 1. The van der Waals surface area contributed by atoms with Gasteiger partial charge in [0.05, 0.1) is 31.8 Å². The predicted octanol–water partition coefficient (Wildman–Crippen LogP) is 0.436. The molecule has 4 nitrogen and oxygen atoms in total. The number of quaternary nitrogens is 1. The van der Waals surface area contributed by atoms with Gasteiger partial charge in [0, 0.05) is 25.7 Å². The number of halogens is 1. The van der Waals surface area contributed by atoms with Crippen molar-refractivity contribution in [2.75, 3.05) is 13.7 Å². The van der Waals surface area contributed by atoms with Crippen LogP contribution in [0.4, 0.5) is 0 Å². The Balaban J connectivity index is 0.00000169. The minimum atomic E-state index is -0.572. The predicted molar refractivity (Wildman–Crippen MR) is 104 cm³/mol. The summed E-state index contributed by atoms with van der Waals surface area (Å²) in [6.45, 7) is 4.39. The second kappa shape index (κ2) is 10.0. The van der Waals surface area contributed by atoms with Crippen LogP contribution >= 0.6 is 17.0 Å². The van der Waals surface area contributed by atoms with Crippen LogP contribution in [0.5, 0.6) is 0 Å². The van der Waals surface area contributed by atoms with Gasteiger partial charge in [-0.1, -0.05) is 30.3 Å². The zero-order valence-electron chi connectivity index (χ0n) is 16.4. The maximum atomic E-state index is 12.6. The average molecular weight is 436 g/mol. The Labute approximate surface area is 189 Å². The molecule has 5 atom stereocenters. The van der Waals surface area contributed by atoms with Crippen LogP contribution < -0.4 is 29.6 Å². The Bertz CT molecular complexity index is 570. The summed E-state index contributed by atoms with van der Waals surface area (Å²) in [4.78, 5) is 12.6. The zero-order chi connectivity index (χ0) is 17.3. The summed E-state index contributed by atoms with van der Waals surface area (Å²) in [5.41, 5.74) is 0.826. The van der Waals surface area contributed by atoms with E-state index >= 15 is 0 Å². The van der Waals surface area contributed by atoms with Gasteiger partial charge in [-0.25, -0.2) is 0 Å². The van der Waals surface area contributed by atoms with E-state index in [4.69, 9.17) is 4.74 Å². The molecule has 0 saturated carbocycles. The molecule has 1 aromatic rings. The Morgan fingerprint density at radius 2 is 1.73 bits per heavy atom. The first-order chi connectivity index (χ1) is 11.5. The van der Waals surface area contributed by atoms with Gasteiger partial charge in [-0.3, -0.25) is 4.79 Å². The van der Waals surface area contributed by atoms with Gasteiger partial charge in [-0.2, -0.15) is 0 Å². The van der Waals surface area contributed by atoms with Crippen LogP contribution in [0, 0.1) is 0 Å². The van der Waals surface area contributed by atoms with Crippen molar-refractivity contribution in [3.63, 3.8) is 0 Å². The maximum absolute atomic E-state index is 12.6. The quantitative estimate of drug-likeness (QED) is 0.414. The molecule has 0 radical (unpaired) electrons. The summed E-state index contributed by atoms with van der Waals surface area (Å²) in [6.07, 6.45) is 4.36. The number of hydrogen-bond donors (Lipinski definition) is 1. The molecule has 2 bridgehead atoms. The number of hydrogen-bond acceptors (Lipinski definition) is 3. The van der Waals surface area contributed by atoms with E-state index < -0.39 is 5.92 Å². The van der Waals surface area contributed by atoms with Gasteiger partial charge in [-0.05, 0) is 19.4 Å². The molecule has 0 spiro atoms. The first-order valence-electron chi connectivity index (χ1n) is 9.18. The van der Waals surface area contributed by atoms with Crippen LogP contribution in [-0.2, 0) is 9.53 Å². The van der Waals surface area contributed by atoms with Crippen LogP contribution in [0.3, 0.4) is 0 Å². The van der Waals surface area contributed by atoms with Crippen LogP contribution in [-0.4, -0.2) is 53.4 Å². The largest absolute Gasteiger partial charge is 1.00 e. The fraction of sp³-hybridized carbons (Fsp3) is 0.650. The van der Waals surface area contributed by atoms with E-state index in [0.29, 0.717) is 18.1 Å². The molecule has 3 rings (SSSR count). The number of ether oxygens (including phenoxy) is 1. The Morgan fingerprint density at radius 3 is 2.19 bits per heavy atom. The number of benzene rings is 1. The second-order valence-corrected chi connectivity index (χ2v) is 7.88. The van der Waals surface area contributed by atoms with Crippen molar-refractivity contribution in [2.24, 2.45) is 0 Å². The molecule has 2 aliphatic rings. The van der Waals surface area contributed by atoms with E-state index in [9.17, 15) is 9.90 Å². The molecule has 2 fully saturated rings. The molecule has 0 aromatic heterocycles. The number of esters is 1. The summed E-state index contributed by atoms with van der Waals surface area (Å²) >= 11 is 0. The van der Waals surface area contributed by atoms with Crippen molar-refractivity contribution in [1.82, 2.24) is 0 Å². The molecule has 2 aliphatic heterocycles. The second-order valence-electron chi connectivity index (χ2n) is 7.88. The summed E-state index contributed by atoms with van der Waals surface area (Å²) < 4.78 is 6.96. The number of carbonyl (C=O) groups is 1. The van der Waals surface area contributed by atoms with Crippen LogP contribution in [0.1, 0.15) is 51.0 Å². The molecule has 140 valence electrons. The van der Waals surface area contributed by atoms with Gasteiger partial charge in [0.2, 0.25) is 0 Å². The Morgan fingerprint density at radius 1 is 1.19 bits per heavy atom. The summed E-state index contributed by atoms with van der Waals surface area (Å²) in [5.74, 6) is -0.856. The van der Waals surface area contributed by atoms with Crippen molar-refractivity contribution >= 4 is 23.0 Å². The van der Waals surface area contributed by atoms with Crippen molar-refractivity contribution in [3.8, 4) is 0 Å². The minimum absolute atomic E-state index is 0. The molecule has 1 aromatic carbocycles. The standard InChI is InChI=1S/C20H30NO3.BrH.Na/c1-14(2)21(3)16-9-10-17(21)12-18(11-16)24-20(23)19(13-22)15-7-5-4-6-8-15;;/h4-8,14,16-19,22H,9-13H2,1-3H3;1H;/q+1;;+1/t16-,17+,18?,19?,21?;;. The van der Waals surface area contributed by atoms with Gasteiger partial charge in [0.25, 0.3) is 0 Å². The number of carbonyl (C=O) groups excluding carboxylic acids is 1. The summed E-state index contributed by atoms with van der Waals surface area (Å²) in [7, 11) is 2.37. The van der Waals surface area contributed by atoms with Gasteiger partial charge in [0.15, 0.2) is 0 Å². The maximum Gasteiger partial charge on any atom is 1.00 e. The number of aliphatic hydroxyl groups is 1. The molecule has 26 heavy (non-hydrogen) atoms. The van der Waals surface area contributed by atoms with Crippen molar-refractivity contribution in [3.05, 3.63) is 35.9 Å². The van der Waals surface area contributed by atoms with Gasteiger partial charge in [0.1, 0.15) is 12.0 Å². The van der Waals surface area contributed by atoms with Crippen molar-refractivity contribution in [2.45, 2.75) is 69.7 Å². The van der Waals surface area contributed by atoms with Crippen molar-refractivity contribution in [1.29, 1.82) is 0 Å². The van der Waals surface area contributed by atoms with E-state index in [0.717, 1.165) is 22.9 Å². The van der Waals surface area contributed by atoms with Crippen LogP contribution in [0.2, 0.25) is 0 Å². The Kier molecular flexibility index (Phi) is 9.31. The van der Waals surface area contributed by atoms with Crippen LogP contribution in [0.15, 0.2) is 30.3 Å². The molecule has 2 saturated heterocycles. The number of fused-ring (bicyclic) bond motifs is 2. The monoisotopic (exact) mass is 435 g/mol. The topological polar surface area (TPSA) is 46.5 Å². The van der Waals surface area contributed by atoms with Gasteiger partial charge >= 0.3 is 35.5 Å². The number of nitrogens with zero attached hydrogens (tertiary/aromatic N) is 1. The van der Waals surface area contributed by atoms with Crippen molar-refractivity contribution < 1.29 is 48.7 Å². The van der Waals surface area contributed by atoms with E-state index in [1.165, 1.54) is 12.8 Å². The van der Waals surface area contributed by atoms with E-state index in [1.54, 1.807) is 0 Å². The fourth-order valence-electron chi connectivity index (χ4n) is 4.82. The molecule has 1 N–H and O–H groups in total. The fourth-order valence-corrected chi connectivity index (χ4v) is 4.82. The first-order valence-corrected chi connectivity index (χ1v) is 9.18. The SMILES string of the molecule is Br.CC(C)[N+]1(C)[C@@H]2CC[C@H]1CC(OC(=O)C(CO)c1ccccc1)C2.[Na+]. The smallest absolute Gasteiger partial charge is 0.461 e. The average Bonchev–Trinajstić information content (AvgIpc) is 2.74. The van der Waals surface area contributed by atoms with Gasteiger partial charge < -0.3 is 14.3 Å². The third kappa shape index (κ3) is 4.56. The molecule has 3 unspecified atom stereocenters. The normalized spacial score (nSPS) is 30.9. The van der Waals surface area contributed by atoms with E-state index in [-0.39, 0.29) is 65.2 Å². The molecule has 0 amide bonds. The summed E-state index contributed by atoms with van der Waals surface area (Å²) in [5, 5.41) is 9.65. The van der Waals surface area contributed by atoms with E-state index in [2.05, 4.69) is 20.9 Å². The van der Waals surface area contributed by atoms with E-state index in [1.807, 2.05) is 30.3 Å². The van der Waals surface area contributed by atoms with Gasteiger partial charge in [-0.15, -0.1) is 17.0 Å². The molecular weight excluding hydrogens is 405 g/mol. The van der Waals surface area contributed by atoms with Crippen LogP contribution in [0.25, 0.3) is 0 Å². The molecule has 2 heterocycles. The molecule has 6 heteroatoms. The zero-order valence-corrected chi connectivity index (χ0v) is 20.1. The number of rotatable bonds is 5. The number of aliphatic hydroxyl groups excluding tert-OH is 1. The first kappa shape index (κ1) is 24.1. The molecular formula is C20H31BrNNaO3+2. The minimum Gasteiger partial charge on any atom is -0.461 e. The summed E-state index contributed by atoms with van der Waals surface area (Å²) in [6, 6.07) is 11.2. The third-order valence-electron chi connectivity index (χ3n) is 6.54.